The minimum absolute atomic E-state index is 0.128. The SMILES string of the molecule is O=C(c1ccccc1[Se]Cc1ccccc1)N(Sc1ccccn1)C1CCCCC1. The summed E-state index contributed by atoms with van der Waals surface area (Å²) in [5.74, 6) is 0.128. The van der Waals surface area contributed by atoms with E-state index in [1.807, 2.05) is 40.7 Å². The molecule has 3 nitrogen and oxygen atoms in total. The van der Waals surface area contributed by atoms with Gasteiger partial charge in [0.05, 0.1) is 0 Å². The van der Waals surface area contributed by atoms with Crippen molar-refractivity contribution >= 4 is 37.3 Å². The molecule has 154 valence electrons. The second kappa shape index (κ2) is 10.8. The number of rotatable bonds is 7. The van der Waals surface area contributed by atoms with E-state index >= 15 is 0 Å². The molecule has 1 aliphatic rings. The zero-order valence-electron chi connectivity index (χ0n) is 16.9. The molecule has 0 aliphatic heterocycles. The normalized spacial score (nSPS) is 14.4. The van der Waals surface area contributed by atoms with Crippen molar-refractivity contribution in [2.75, 3.05) is 0 Å². The summed E-state index contributed by atoms with van der Waals surface area (Å²) >= 11 is 1.71. The predicted molar refractivity (Wildman–Crippen MR) is 125 cm³/mol. The number of aromatic nitrogens is 1. The van der Waals surface area contributed by atoms with Crippen molar-refractivity contribution in [2.45, 2.75) is 48.5 Å². The first-order chi connectivity index (χ1) is 14.8. The van der Waals surface area contributed by atoms with E-state index in [0.29, 0.717) is 0 Å². The molecule has 0 radical (unpaired) electrons. The van der Waals surface area contributed by atoms with E-state index in [4.69, 9.17) is 0 Å². The molecule has 0 saturated heterocycles. The first-order valence-electron chi connectivity index (χ1n) is 10.5. The van der Waals surface area contributed by atoms with Crippen molar-refractivity contribution in [3.05, 3.63) is 90.1 Å². The van der Waals surface area contributed by atoms with Gasteiger partial charge in [-0.1, -0.05) is 0 Å². The molecule has 3 aromatic rings. The zero-order valence-corrected chi connectivity index (χ0v) is 19.5. The van der Waals surface area contributed by atoms with Crippen molar-refractivity contribution in [3.63, 3.8) is 0 Å². The molecule has 0 N–H and O–H groups in total. The van der Waals surface area contributed by atoms with Crippen LogP contribution >= 0.6 is 11.9 Å². The first kappa shape index (κ1) is 21.2. The molecule has 1 heterocycles. The summed E-state index contributed by atoms with van der Waals surface area (Å²) in [6.07, 6.45) is 7.59. The van der Waals surface area contributed by atoms with E-state index in [-0.39, 0.29) is 26.9 Å². The van der Waals surface area contributed by atoms with Crippen LogP contribution in [0.3, 0.4) is 0 Å². The summed E-state index contributed by atoms with van der Waals surface area (Å²) in [5, 5.41) is 1.87. The number of pyridine rings is 1. The molecule has 0 bridgehead atoms. The molecule has 0 atom stereocenters. The molecule has 1 amide bonds. The Labute approximate surface area is 189 Å². The van der Waals surface area contributed by atoms with Gasteiger partial charge in [0.15, 0.2) is 0 Å². The van der Waals surface area contributed by atoms with Crippen LogP contribution in [0.5, 0.6) is 0 Å². The van der Waals surface area contributed by atoms with Gasteiger partial charge in [-0.15, -0.1) is 0 Å². The Hall–Kier alpha value is -2.07. The fourth-order valence-electron chi connectivity index (χ4n) is 3.72. The average Bonchev–Trinajstić information content (AvgIpc) is 2.83. The van der Waals surface area contributed by atoms with Crippen LogP contribution in [-0.2, 0) is 5.32 Å². The monoisotopic (exact) mass is 482 g/mol. The van der Waals surface area contributed by atoms with E-state index in [1.165, 1.54) is 41.2 Å². The Balaban J connectivity index is 1.57. The van der Waals surface area contributed by atoms with Gasteiger partial charge in [-0.3, -0.25) is 0 Å². The fraction of sp³-hybridized carbons (Fsp3) is 0.280. The Morgan fingerprint density at radius 2 is 1.67 bits per heavy atom. The number of hydrogen-bond donors (Lipinski definition) is 0. The van der Waals surface area contributed by atoms with E-state index < -0.39 is 0 Å². The van der Waals surface area contributed by atoms with E-state index in [0.717, 1.165) is 28.8 Å². The number of carbonyl (C=O) groups excluding carboxylic acids is 1. The molecule has 30 heavy (non-hydrogen) atoms. The van der Waals surface area contributed by atoms with Crippen LogP contribution in [0.15, 0.2) is 84.0 Å². The number of hydrogen-bond acceptors (Lipinski definition) is 3. The molecule has 1 aromatic heterocycles. The summed E-state index contributed by atoms with van der Waals surface area (Å²) < 4.78 is 3.19. The zero-order chi connectivity index (χ0) is 20.6. The van der Waals surface area contributed by atoms with Crippen LogP contribution in [-0.4, -0.2) is 36.2 Å². The third kappa shape index (κ3) is 5.54. The fourth-order valence-corrected chi connectivity index (χ4v) is 6.81. The Kier molecular flexibility index (Phi) is 7.63. The van der Waals surface area contributed by atoms with Crippen LogP contribution in [0.4, 0.5) is 0 Å². The van der Waals surface area contributed by atoms with Crippen LogP contribution in [0.25, 0.3) is 0 Å². The molecule has 1 saturated carbocycles. The van der Waals surface area contributed by atoms with E-state index in [2.05, 4.69) is 41.4 Å². The van der Waals surface area contributed by atoms with Crippen LogP contribution < -0.4 is 4.46 Å². The molecule has 0 unspecified atom stereocenters. The van der Waals surface area contributed by atoms with Gasteiger partial charge in [0.1, 0.15) is 0 Å². The quantitative estimate of drug-likeness (QED) is 0.348. The summed E-state index contributed by atoms with van der Waals surface area (Å²) in [7, 11) is 0. The van der Waals surface area contributed by atoms with E-state index in [1.54, 1.807) is 6.20 Å². The third-order valence-electron chi connectivity index (χ3n) is 5.29. The predicted octanol–water partition coefficient (Wildman–Crippen LogP) is 5.09. The second-order valence-electron chi connectivity index (χ2n) is 7.45. The first-order valence-corrected chi connectivity index (χ1v) is 13.3. The van der Waals surface area contributed by atoms with Crippen LogP contribution in [0.2, 0.25) is 0 Å². The number of nitrogens with zero attached hydrogens (tertiary/aromatic N) is 2. The van der Waals surface area contributed by atoms with Crippen molar-refractivity contribution < 1.29 is 4.79 Å². The third-order valence-corrected chi connectivity index (χ3v) is 8.78. The number of benzene rings is 2. The van der Waals surface area contributed by atoms with Crippen molar-refractivity contribution in [2.24, 2.45) is 0 Å². The maximum absolute atomic E-state index is 13.8. The molecule has 5 heteroatoms. The van der Waals surface area contributed by atoms with Gasteiger partial charge in [0.2, 0.25) is 0 Å². The van der Waals surface area contributed by atoms with Gasteiger partial charge < -0.3 is 0 Å². The number of amides is 1. The molecular formula is C25H26N2OSSe. The second-order valence-corrected chi connectivity index (χ2v) is 10.6. The van der Waals surface area contributed by atoms with Crippen molar-refractivity contribution in [3.8, 4) is 0 Å². The summed E-state index contributed by atoms with van der Waals surface area (Å²) in [6.45, 7) is 0. The molecule has 1 aliphatic carbocycles. The molecule has 1 fully saturated rings. The topological polar surface area (TPSA) is 33.2 Å². The van der Waals surface area contributed by atoms with Gasteiger partial charge >= 0.3 is 190 Å². The van der Waals surface area contributed by atoms with Crippen molar-refractivity contribution in [1.29, 1.82) is 0 Å². The van der Waals surface area contributed by atoms with E-state index in [9.17, 15) is 4.79 Å². The Morgan fingerprint density at radius 1 is 0.933 bits per heavy atom. The molecule has 4 rings (SSSR count). The van der Waals surface area contributed by atoms with Gasteiger partial charge in [0, 0.05) is 0 Å². The van der Waals surface area contributed by atoms with Gasteiger partial charge in [0.25, 0.3) is 0 Å². The standard InChI is InChI=1S/C25H26N2OSSe/c28-25(22-15-7-8-16-23(22)30-19-20-11-3-1-4-12-20)27(21-13-5-2-6-14-21)29-24-17-9-10-18-26-24/h1,3-4,7-12,15-18,21H,2,5-6,13-14,19H2. The molecular weight excluding hydrogens is 455 g/mol. The van der Waals surface area contributed by atoms with Crippen LogP contribution in [0.1, 0.15) is 48.0 Å². The Bertz CT molecular complexity index is 946. The number of carbonyl (C=O) groups is 1. The molecule has 2 aromatic carbocycles. The average molecular weight is 482 g/mol. The maximum atomic E-state index is 13.8. The summed E-state index contributed by atoms with van der Waals surface area (Å²) in [6, 6.07) is 24.9. The van der Waals surface area contributed by atoms with Crippen LogP contribution in [0, 0.1) is 0 Å². The Morgan fingerprint density at radius 3 is 2.43 bits per heavy atom. The van der Waals surface area contributed by atoms with Crippen molar-refractivity contribution in [1.82, 2.24) is 9.29 Å². The van der Waals surface area contributed by atoms with Gasteiger partial charge in [-0.2, -0.15) is 0 Å². The minimum atomic E-state index is 0.128. The molecule has 0 spiro atoms. The summed E-state index contributed by atoms with van der Waals surface area (Å²) in [5.41, 5.74) is 2.18. The van der Waals surface area contributed by atoms with Gasteiger partial charge in [-0.05, 0) is 0 Å². The summed E-state index contributed by atoms with van der Waals surface area (Å²) in [4.78, 5) is 18.2. The van der Waals surface area contributed by atoms with Gasteiger partial charge in [-0.25, -0.2) is 0 Å².